The van der Waals surface area contributed by atoms with Gasteiger partial charge in [0.15, 0.2) is 0 Å². The van der Waals surface area contributed by atoms with Gasteiger partial charge in [-0.2, -0.15) is 13.2 Å². The van der Waals surface area contributed by atoms with Crippen LogP contribution in [0, 0.1) is 11.3 Å². The Kier molecular flexibility index (Phi) is 4.62. The molecule has 5 atom stereocenters. The predicted molar refractivity (Wildman–Crippen MR) is 95.5 cm³/mol. The van der Waals surface area contributed by atoms with Crippen LogP contribution in [0.1, 0.15) is 43.9 Å². The van der Waals surface area contributed by atoms with E-state index in [0.717, 1.165) is 18.6 Å². The Morgan fingerprint density at radius 3 is 2.61 bits per heavy atom. The smallest absolute Gasteiger partial charge is 0.391 e. The maximum absolute atomic E-state index is 13.0. The topological polar surface area (TPSA) is 61.8 Å². The van der Waals surface area contributed by atoms with Gasteiger partial charge in [-0.15, -0.1) is 0 Å². The maximum atomic E-state index is 13.0. The first-order valence-corrected chi connectivity index (χ1v) is 9.63. The second-order valence-corrected chi connectivity index (χ2v) is 8.67. The standard InChI is InChI=1S/C20H25F3N2O3/c1-19(2)16(14-7-8-28-17(14)19)24-18(27)25-10-13(26)9-15(25)11-3-5-12(6-4-11)20(21,22)23/h3-6,13-17,26H,7-10H2,1-2H3,(H,24,27)/t13-,14-,15-,16-,17+/m1/s1. The molecule has 8 heteroatoms. The molecular formula is C20H25F3N2O3. The van der Waals surface area contributed by atoms with Gasteiger partial charge in [0.25, 0.3) is 0 Å². The van der Waals surface area contributed by atoms with E-state index in [0.29, 0.717) is 18.6 Å². The Morgan fingerprint density at radius 1 is 1.29 bits per heavy atom. The first-order valence-electron chi connectivity index (χ1n) is 9.63. The molecule has 0 unspecified atom stereocenters. The largest absolute Gasteiger partial charge is 0.416 e. The van der Waals surface area contributed by atoms with Gasteiger partial charge in [0.2, 0.25) is 0 Å². The molecule has 1 aromatic carbocycles. The van der Waals surface area contributed by atoms with Crippen LogP contribution in [-0.2, 0) is 10.9 Å². The lowest BCUT2D eigenvalue weighted by atomic mass is 9.57. The van der Waals surface area contributed by atoms with Crippen LogP contribution in [0.2, 0.25) is 0 Å². The number of carbonyl (C=O) groups is 1. The first kappa shape index (κ1) is 19.5. The number of aliphatic hydroxyl groups excluding tert-OH is 1. The fraction of sp³-hybridized carbons (Fsp3) is 0.650. The molecule has 2 saturated heterocycles. The van der Waals surface area contributed by atoms with Gasteiger partial charge in [0.05, 0.1) is 23.8 Å². The number of β-amino-alcohol motifs (C(OH)–C–C–N with tert-alkyl or cyclic N) is 1. The van der Waals surface area contributed by atoms with E-state index in [1.54, 1.807) is 0 Å². The molecule has 154 valence electrons. The molecule has 2 amide bonds. The van der Waals surface area contributed by atoms with E-state index in [-0.39, 0.29) is 36.1 Å². The number of alkyl halides is 3. The number of likely N-dealkylation sites (tertiary alicyclic amines) is 1. The van der Waals surface area contributed by atoms with Gasteiger partial charge in [0.1, 0.15) is 0 Å². The highest BCUT2D eigenvalue weighted by molar-refractivity contribution is 5.76. The van der Waals surface area contributed by atoms with Crippen molar-refractivity contribution in [2.75, 3.05) is 13.2 Å². The molecule has 3 aliphatic rings. The van der Waals surface area contributed by atoms with Gasteiger partial charge < -0.3 is 20.1 Å². The lowest BCUT2D eigenvalue weighted by Gasteiger charge is -2.54. The van der Waals surface area contributed by atoms with E-state index in [1.165, 1.54) is 17.0 Å². The van der Waals surface area contributed by atoms with Crippen LogP contribution >= 0.6 is 0 Å². The Morgan fingerprint density at radius 2 is 1.96 bits per heavy atom. The number of benzene rings is 1. The number of nitrogens with zero attached hydrogens (tertiary/aromatic N) is 1. The van der Waals surface area contributed by atoms with E-state index < -0.39 is 23.9 Å². The Hall–Kier alpha value is -1.80. The minimum atomic E-state index is -4.40. The second-order valence-electron chi connectivity index (χ2n) is 8.67. The molecule has 4 rings (SSSR count). The maximum Gasteiger partial charge on any atom is 0.416 e. The molecular weight excluding hydrogens is 373 g/mol. The zero-order valence-corrected chi connectivity index (χ0v) is 15.9. The molecule has 1 aliphatic carbocycles. The first-order chi connectivity index (χ1) is 13.1. The van der Waals surface area contributed by atoms with Crippen molar-refractivity contribution in [3.05, 3.63) is 35.4 Å². The van der Waals surface area contributed by atoms with Crippen molar-refractivity contribution < 1.29 is 27.8 Å². The number of hydrogen-bond acceptors (Lipinski definition) is 3. The molecule has 2 aliphatic heterocycles. The SMILES string of the molecule is CC1(C)[C@H](NC(=O)N2C[C@H](O)C[C@@H]2c2ccc(C(F)(F)F)cc2)[C@H]2CCO[C@@H]21. The molecule has 0 bridgehead atoms. The van der Waals surface area contributed by atoms with Crippen LogP contribution < -0.4 is 5.32 Å². The van der Waals surface area contributed by atoms with Crippen molar-refractivity contribution in [3.8, 4) is 0 Å². The lowest BCUT2D eigenvalue weighted by molar-refractivity contribution is -0.137. The number of carbonyl (C=O) groups excluding carboxylic acids is 1. The molecule has 0 radical (unpaired) electrons. The quantitative estimate of drug-likeness (QED) is 0.803. The van der Waals surface area contributed by atoms with E-state index in [1.807, 2.05) is 0 Å². The van der Waals surface area contributed by atoms with Crippen LogP contribution in [0.4, 0.5) is 18.0 Å². The molecule has 2 heterocycles. The number of urea groups is 1. The number of hydrogen-bond donors (Lipinski definition) is 2. The van der Waals surface area contributed by atoms with Gasteiger partial charge in [-0.1, -0.05) is 26.0 Å². The number of amides is 2. The third-order valence-electron chi connectivity index (χ3n) is 6.54. The van der Waals surface area contributed by atoms with E-state index in [9.17, 15) is 23.1 Å². The minimum absolute atomic E-state index is 0.0153. The van der Waals surface area contributed by atoms with E-state index in [4.69, 9.17) is 4.74 Å². The Balaban J connectivity index is 1.49. The van der Waals surface area contributed by atoms with Gasteiger partial charge >= 0.3 is 12.2 Å². The normalized spacial score (nSPS) is 34.1. The summed E-state index contributed by atoms with van der Waals surface area (Å²) in [4.78, 5) is 14.5. The monoisotopic (exact) mass is 398 g/mol. The molecule has 0 aromatic heterocycles. The highest BCUT2D eigenvalue weighted by Crippen LogP contribution is 2.52. The van der Waals surface area contributed by atoms with Gasteiger partial charge in [-0.25, -0.2) is 4.79 Å². The molecule has 5 nitrogen and oxygen atoms in total. The van der Waals surface area contributed by atoms with Gasteiger partial charge in [0, 0.05) is 30.5 Å². The summed E-state index contributed by atoms with van der Waals surface area (Å²) in [7, 11) is 0. The zero-order valence-electron chi connectivity index (χ0n) is 15.9. The fourth-order valence-corrected chi connectivity index (χ4v) is 5.08. The average Bonchev–Trinajstić information content (AvgIpc) is 3.24. The lowest BCUT2D eigenvalue weighted by Crippen LogP contribution is -2.67. The summed E-state index contributed by atoms with van der Waals surface area (Å²) in [6.45, 7) is 4.99. The number of fused-ring (bicyclic) bond motifs is 1. The highest BCUT2D eigenvalue weighted by Gasteiger charge is 2.60. The second kappa shape index (κ2) is 6.62. The number of aliphatic hydroxyl groups is 1. The number of rotatable bonds is 2. The van der Waals surface area contributed by atoms with Crippen LogP contribution in [0.5, 0.6) is 0 Å². The van der Waals surface area contributed by atoms with Crippen LogP contribution in [0.3, 0.4) is 0 Å². The number of halogens is 3. The van der Waals surface area contributed by atoms with Crippen molar-refractivity contribution in [3.63, 3.8) is 0 Å². The fourth-order valence-electron chi connectivity index (χ4n) is 5.08. The van der Waals surface area contributed by atoms with Gasteiger partial charge in [-0.3, -0.25) is 0 Å². The van der Waals surface area contributed by atoms with Crippen molar-refractivity contribution in [1.82, 2.24) is 10.2 Å². The van der Waals surface area contributed by atoms with Crippen LogP contribution in [-0.4, -0.2) is 47.4 Å². The van der Waals surface area contributed by atoms with Crippen molar-refractivity contribution in [2.24, 2.45) is 11.3 Å². The molecule has 28 heavy (non-hydrogen) atoms. The molecule has 2 N–H and O–H groups in total. The van der Waals surface area contributed by atoms with Crippen LogP contribution in [0.25, 0.3) is 0 Å². The van der Waals surface area contributed by atoms with E-state index in [2.05, 4.69) is 19.2 Å². The van der Waals surface area contributed by atoms with E-state index >= 15 is 0 Å². The van der Waals surface area contributed by atoms with Gasteiger partial charge in [-0.05, 0) is 30.5 Å². The van der Waals surface area contributed by atoms with Crippen LogP contribution in [0.15, 0.2) is 24.3 Å². The average molecular weight is 398 g/mol. The molecule has 0 spiro atoms. The summed E-state index contributed by atoms with van der Waals surface area (Å²) in [6.07, 6.45) is -3.74. The molecule has 1 saturated carbocycles. The third kappa shape index (κ3) is 3.16. The van der Waals surface area contributed by atoms with Crippen molar-refractivity contribution in [2.45, 2.75) is 57.2 Å². The predicted octanol–water partition coefficient (Wildman–Crippen LogP) is 3.34. The minimum Gasteiger partial charge on any atom is -0.391 e. The summed E-state index contributed by atoms with van der Waals surface area (Å²) >= 11 is 0. The number of ether oxygens (including phenoxy) is 1. The summed E-state index contributed by atoms with van der Waals surface area (Å²) in [5.74, 6) is 0.288. The molecule has 3 fully saturated rings. The zero-order chi connectivity index (χ0) is 20.3. The Bertz CT molecular complexity index is 750. The third-order valence-corrected chi connectivity index (χ3v) is 6.54. The molecule has 1 aromatic rings. The van der Waals surface area contributed by atoms with Crippen molar-refractivity contribution in [1.29, 1.82) is 0 Å². The highest BCUT2D eigenvalue weighted by atomic mass is 19.4. The summed E-state index contributed by atoms with van der Waals surface area (Å²) in [6, 6.07) is 4.07. The summed E-state index contributed by atoms with van der Waals surface area (Å²) < 4.78 is 44.2. The van der Waals surface area contributed by atoms with Crippen molar-refractivity contribution >= 4 is 6.03 Å². The summed E-state index contributed by atoms with van der Waals surface area (Å²) in [5.41, 5.74) is -0.303. The Labute approximate surface area is 161 Å². The number of nitrogens with one attached hydrogen (secondary N) is 1. The summed E-state index contributed by atoms with van der Waals surface area (Å²) in [5, 5.41) is 13.2.